The van der Waals surface area contributed by atoms with Crippen molar-refractivity contribution in [3.8, 4) is 0 Å². The Labute approximate surface area is 76.3 Å². The van der Waals surface area contributed by atoms with Crippen molar-refractivity contribution >= 4 is 6.21 Å². The van der Waals surface area contributed by atoms with Crippen molar-refractivity contribution < 1.29 is 0 Å². The first kappa shape index (κ1) is 11.6. The average Bonchev–Trinajstić information content (AvgIpc) is 2.10. The molecule has 12 heavy (non-hydrogen) atoms. The van der Waals surface area contributed by atoms with Crippen molar-refractivity contribution in [2.24, 2.45) is 10.7 Å². The van der Waals surface area contributed by atoms with Gasteiger partial charge in [-0.1, -0.05) is 19.3 Å². The van der Waals surface area contributed by atoms with Gasteiger partial charge in [0.15, 0.2) is 0 Å². The van der Waals surface area contributed by atoms with E-state index in [0.717, 1.165) is 19.5 Å². The molecule has 0 saturated heterocycles. The van der Waals surface area contributed by atoms with Crippen LogP contribution < -0.4 is 5.73 Å². The Bertz CT molecular complexity index is 100. The first-order valence-electron chi connectivity index (χ1n) is 5.10. The monoisotopic (exact) mass is 170 g/mol. The van der Waals surface area contributed by atoms with E-state index in [-0.39, 0.29) is 0 Å². The molecule has 0 aromatic carbocycles. The quantitative estimate of drug-likeness (QED) is 0.441. The highest BCUT2D eigenvalue weighted by Gasteiger charge is 1.87. The minimum Gasteiger partial charge on any atom is -0.330 e. The molecule has 0 unspecified atom stereocenters. The Morgan fingerprint density at radius 1 is 1.08 bits per heavy atom. The zero-order valence-electron chi connectivity index (χ0n) is 8.26. The Balaban J connectivity index is 2.86. The molecule has 2 nitrogen and oxygen atoms in total. The Hall–Kier alpha value is -0.370. The molecule has 0 aromatic heterocycles. The standard InChI is InChI=1S/C10H22N2/c1-2-12-10-8-6-4-3-5-7-9-11/h10H,2-9,11H2,1H3/b12-10-. The SMILES string of the molecule is CC/N=C\CCCCCCCN. The van der Waals surface area contributed by atoms with Gasteiger partial charge in [0.25, 0.3) is 0 Å². The summed E-state index contributed by atoms with van der Waals surface area (Å²) >= 11 is 0. The molecule has 72 valence electrons. The molecule has 0 aliphatic carbocycles. The Morgan fingerprint density at radius 2 is 1.75 bits per heavy atom. The van der Waals surface area contributed by atoms with Crippen LogP contribution >= 0.6 is 0 Å². The Morgan fingerprint density at radius 3 is 2.42 bits per heavy atom. The van der Waals surface area contributed by atoms with Crippen LogP contribution in [0.1, 0.15) is 45.4 Å². The maximum atomic E-state index is 5.39. The molecule has 0 amide bonds. The van der Waals surface area contributed by atoms with Crippen molar-refractivity contribution in [3.63, 3.8) is 0 Å². The third-order valence-corrected chi connectivity index (χ3v) is 1.85. The van der Waals surface area contributed by atoms with Crippen molar-refractivity contribution in [3.05, 3.63) is 0 Å². The highest BCUT2D eigenvalue weighted by atomic mass is 14.7. The number of hydrogen-bond acceptors (Lipinski definition) is 2. The number of rotatable bonds is 8. The fourth-order valence-corrected chi connectivity index (χ4v) is 1.13. The number of hydrogen-bond donors (Lipinski definition) is 1. The van der Waals surface area contributed by atoms with Gasteiger partial charge in [-0.15, -0.1) is 0 Å². The van der Waals surface area contributed by atoms with Crippen molar-refractivity contribution in [2.45, 2.75) is 45.4 Å². The molecule has 2 heteroatoms. The lowest BCUT2D eigenvalue weighted by molar-refractivity contribution is 0.628. The van der Waals surface area contributed by atoms with E-state index in [2.05, 4.69) is 11.9 Å². The topological polar surface area (TPSA) is 38.4 Å². The summed E-state index contributed by atoms with van der Waals surface area (Å²) in [6, 6.07) is 0. The summed E-state index contributed by atoms with van der Waals surface area (Å²) in [6.45, 7) is 3.84. The van der Waals surface area contributed by atoms with Gasteiger partial charge >= 0.3 is 0 Å². The van der Waals surface area contributed by atoms with Crippen LogP contribution in [-0.4, -0.2) is 19.3 Å². The maximum absolute atomic E-state index is 5.39. The molecular weight excluding hydrogens is 148 g/mol. The second-order valence-corrected chi connectivity index (χ2v) is 3.03. The van der Waals surface area contributed by atoms with Gasteiger partial charge in [-0.3, -0.25) is 4.99 Å². The van der Waals surface area contributed by atoms with E-state index < -0.39 is 0 Å². The number of aliphatic imine (C=N–C) groups is 1. The molecule has 0 fully saturated rings. The van der Waals surface area contributed by atoms with E-state index in [1.807, 2.05) is 6.21 Å². The number of nitrogens with two attached hydrogens (primary N) is 1. The smallest absolute Gasteiger partial charge is 0.0357 e. The highest BCUT2D eigenvalue weighted by Crippen LogP contribution is 2.03. The molecule has 0 atom stereocenters. The zero-order valence-corrected chi connectivity index (χ0v) is 8.26. The maximum Gasteiger partial charge on any atom is 0.0357 e. The van der Waals surface area contributed by atoms with Crippen LogP contribution in [0, 0.1) is 0 Å². The highest BCUT2D eigenvalue weighted by molar-refractivity contribution is 5.56. The fraction of sp³-hybridized carbons (Fsp3) is 0.900. The van der Waals surface area contributed by atoms with Crippen molar-refractivity contribution in [2.75, 3.05) is 13.1 Å². The molecular formula is C10H22N2. The molecule has 0 radical (unpaired) electrons. The summed E-state index contributed by atoms with van der Waals surface area (Å²) in [7, 11) is 0. The second kappa shape index (κ2) is 10.6. The zero-order chi connectivity index (χ0) is 9.07. The predicted octanol–water partition coefficient (Wildman–Crippen LogP) is 2.38. The van der Waals surface area contributed by atoms with Gasteiger partial charge in [0.2, 0.25) is 0 Å². The van der Waals surface area contributed by atoms with E-state index in [9.17, 15) is 0 Å². The predicted molar refractivity (Wildman–Crippen MR) is 55.8 cm³/mol. The van der Waals surface area contributed by atoms with Gasteiger partial charge in [0, 0.05) is 6.54 Å². The van der Waals surface area contributed by atoms with E-state index in [0.29, 0.717) is 0 Å². The second-order valence-electron chi connectivity index (χ2n) is 3.03. The minimum absolute atomic E-state index is 0.845. The number of nitrogens with zero attached hydrogens (tertiary/aromatic N) is 1. The molecule has 2 N–H and O–H groups in total. The third-order valence-electron chi connectivity index (χ3n) is 1.85. The van der Waals surface area contributed by atoms with Gasteiger partial charge in [-0.25, -0.2) is 0 Å². The summed E-state index contributed by atoms with van der Waals surface area (Å²) in [4.78, 5) is 4.16. The van der Waals surface area contributed by atoms with E-state index in [1.54, 1.807) is 0 Å². The average molecular weight is 170 g/mol. The molecule has 0 aromatic rings. The number of unbranched alkanes of at least 4 members (excludes halogenated alkanes) is 5. The summed E-state index contributed by atoms with van der Waals surface area (Å²) in [5.74, 6) is 0. The summed E-state index contributed by atoms with van der Waals surface area (Å²) in [6.07, 6.45) is 9.62. The summed E-state index contributed by atoms with van der Waals surface area (Å²) < 4.78 is 0. The lowest BCUT2D eigenvalue weighted by Crippen LogP contribution is -1.97. The minimum atomic E-state index is 0.845. The van der Waals surface area contributed by atoms with Crippen LogP contribution in [0.4, 0.5) is 0 Å². The first-order chi connectivity index (χ1) is 5.91. The van der Waals surface area contributed by atoms with Crippen LogP contribution in [0.25, 0.3) is 0 Å². The van der Waals surface area contributed by atoms with Crippen molar-refractivity contribution in [1.82, 2.24) is 0 Å². The van der Waals surface area contributed by atoms with Crippen LogP contribution in [0.5, 0.6) is 0 Å². The molecule has 0 aliphatic heterocycles. The van der Waals surface area contributed by atoms with E-state index in [1.165, 1.54) is 32.1 Å². The largest absolute Gasteiger partial charge is 0.330 e. The van der Waals surface area contributed by atoms with Gasteiger partial charge < -0.3 is 5.73 Å². The molecule has 0 aliphatic rings. The van der Waals surface area contributed by atoms with E-state index >= 15 is 0 Å². The summed E-state index contributed by atoms with van der Waals surface area (Å²) in [5, 5.41) is 0. The van der Waals surface area contributed by atoms with Gasteiger partial charge in [0.05, 0.1) is 0 Å². The lowest BCUT2D eigenvalue weighted by atomic mass is 10.1. The van der Waals surface area contributed by atoms with Crippen LogP contribution in [0.3, 0.4) is 0 Å². The van der Waals surface area contributed by atoms with Crippen LogP contribution in [-0.2, 0) is 0 Å². The van der Waals surface area contributed by atoms with Crippen LogP contribution in [0.2, 0.25) is 0 Å². The van der Waals surface area contributed by atoms with Crippen LogP contribution in [0.15, 0.2) is 4.99 Å². The van der Waals surface area contributed by atoms with Gasteiger partial charge in [-0.2, -0.15) is 0 Å². The third kappa shape index (κ3) is 9.63. The molecule has 0 spiro atoms. The molecule has 0 saturated carbocycles. The van der Waals surface area contributed by atoms with Crippen molar-refractivity contribution in [1.29, 1.82) is 0 Å². The molecule has 0 bridgehead atoms. The summed E-state index contributed by atoms with van der Waals surface area (Å²) in [5.41, 5.74) is 5.39. The van der Waals surface area contributed by atoms with Gasteiger partial charge in [-0.05, 0) is 38.9 Å². The lowest BCUT2D eigenvalue weighted by Gasteiger charge is -1.96. The first-order valence-corrected chi connectivity index (χ1v) is 5.10. The van der Waals surface area contributed by atoms with E-state index in [4.69, 9.17) is 5.73 Å². The Kier molecular flexibility index (Phi) is 10.3. The van der Waals surface area contributed by atoms with Gasteiger partial charge in [0.1, 0.15) is 0 Å². The fourth-order valence-electron chi connectivity index (χ4n) is 1.13. The molecule has 0 heterocycles. The normalized spacial score (nSPS) is 11.2. The molecule has 0 rings (SSSR count).